The van der Waals surface area contributed by atoms with E-state index in [2.05, 4.69) is 0 Å². The maximum Gasteiger partial charge on any atom is 0.352 e. The molecule has 0 saturated heterocycles. The van der Waals surface area contributed by atoms with Crippen LogP contribution in [0.2, 0.25) is 0 Å². The number of thiophene rings is 1. The minimum Gasteiger partial charge on any atom is -0.480 e. The summed E-state index contributed by atoms with van der Waals surface area (Å²) in [6.07, 6.45) is -0.714. The molecule has 4 nitrogen and oxygen atoms in total. The number of Topliss-reactive ketones (excluding diaryl/α,β-unsaturated/α-hetero) is 1. The summed E-state index contributed by atoms with van der Waals surface area (Å²) in [6.45, 7) is 3.73. The highest BCUT2D eigenvalue weighted by atomic mass is 32.1. The number of carbonyl (C=O) groups excluding carboxylic acids is 2. The summed E-state index contributed by atoms with van der Waals surface area (Å²) >= 11 is 1.31. The van der Waals surface area contributed by atoms with Gasteiger partial charge in [-0.1, -0.05) is 42.5 Å². The van der Waals surface area contributed by atoms with Crippen molar-refractivity contribution in [2.24, 2.45) is 0 Å². The molecule has 5 heteroatoms. The number of hydrogen-bond acceptors (Lipinski definition) is 5. The molecule has 0 amide bonds. The Morgan fingerprint density at radius 1 is 1.04 bits per heavy atom. The Kier molecular flexibility index (Phi) is 5.14. The number of carbonyl (C=O) groups is 2. The molecular weight excluding hydrogens is 336 g/mol. The predicted molar refractivity (Wildman–Crippen MR) is 98.6 cm³/mol. The van der Waals surface area contributed by atoms with Crippen LogP contribution in [0, 0.1) is 0 Å². The van der Waals surface area contributed by atoms with Crippen LogP contribution in [-0.4, -0.2) is 24.5 Å². The highest BCUT2D eigenvalue weighted by molar-refractivity contribution is 7.21. The van der Waals surface area contributed by atoms with Gasteiger partial charge in [0.15, 0.2) is 16.7 Å². The fourth-order valence-electron chi connectivity index (χ4n) is 2.54. The number of hydrogen-bond donors (Lipinski definition) is 0. The molecule has 2 aromatic carbocycles. The number of fused-ring (bicyclic) bond motifs is 1. The molecule has 0 aliphatic heterocycles. The summed E-state index contributed by atoms with van der Waals surface area (Å²) in [5, 5.41) is 0.809. The molecule has 0 N–H and O–H groups in total. The first-order valence-electron chi connectivity index (χ1n) is 8.06. The first-order chi connectivity index (χ1) is 12.1. The molecule has 0 aliphatic rings. The Bertz CT molecular complexity index is 898. The van der Waals surface area contributed by atoms with E-state index < -0.39 is 12.1 Å². The topological polar surface area (TPSA) is 52.6 Å². The molecule has 0 saturated carbocycles. The number of ether oxygens (including phenoxy) is 2. The van der Waals surface area contributed by atoms with Gasteiger partial charge in [0.05, 0.1) is 6.61 Å². The summed E-state index contributed by atoms with van der Waals surface area (Å²) in [5.74, 6) is -0.153. The lowest BCUT2D eigenvalue weighted by atomic mass is 10.1. The summed E-state index contributed by atoms with van der Waals surface area (Å²) in [6, 6.07) is 16.5. The van der Waals surface area contributed by atoms with Crippen molar-refractivity contribution in [3.63, 3.8) is 0 Å². The standard InChI is InChI=1S/C20H18O4S/c1-3-23-20(22)19-18(15-11-7-8-12-16(15)25-19)24-13(2)17(21)14-9-5-4-6-10-14/h4-13H,3H2,1-2H3. The monoisotopic (exact) mass is 354 g/mol. The molecule has 0 bridgehead atoms. The molecule has 1 aromatic heterocycles. The quantitative estimate of drug-likeness (QED) is 0.474. The SMILES string of the molecule is CCOC(=O)c1sc2ccccc2c1OC(C)C(=O)c1ccccc1. The number of esters is 1. The normalized spacial score (nSPS) is 11.9. The van der Waals surface area contributed by atoms with Gasteiger partial charge in [-0.3, -0.25) is 4.79 Å². The van der Waals surface area contributed by atoms with E-state index in [0.29, 0.717) is 16.2 Å². The van der Waals surface area contributed by atoms with Gasteiger partial charge in [-0.05, 0) is 26.0 Å². The van der Waals surface area contributed by atoms with Crippen molar-refractivity contribution in [1.29, 1.82) is 0 Å². The van der Waals surface area contributed by atoms with Gasteiger partial charge in [0.1, 0.15) is 0 Å². The Morgan fingerprint density at radius 3 is 2.44 bits per heavy atom. The van der Waals surface area contributed by atoms with Crippen molar-refractivity contribution >= 4 is 33.2 Å². The van der Waals surface area contributed by atoms with Crippen LogP contribution in [0.5, 0.6) is 5.75 Å². The molecule has 1 unspecified atom stereocenters. The molecule has 0 fully saturated rings. The fraction of sp³-hybridized carbons (Fsp3) is 0.200. The molecule has 25 heavy (non-hydrogen) atoms. The summed E-state index contributed by atoms with van der Waals surface area (Å²) in [4.78, 5) is 25.2. The third-order valence-corrected chi connectivity index (χ3v) is 4.87. The van der Waals surface area contributed by atoms with Crippen LogP contribution in [0.4, 0.5) is 0 Å². The third-order valence-electron chi connectivity index (χ3n) is 3.73. The smallest absolute Gasteiger partial charge is 0.352 e. The highest BCUT2D eigenvalue weighted by Crippen LogP contribution is 2.39. The van der Waals surface area contributed by atoms with E-state index in [-0.39, 0.29) is 12.4 Å². The average Bonchev–Trinajstić information content (AvgIpc) is 3.01. The minimum atomic E-state index is -0.714. The molecule has 128 valence electrons. The van der Waals surface area contributed by atoms with E-state index in [1.165, 1.54) is 11.3 Å². The zero-order chi connectivity index (χ0) is 17.8. The molecule has 3 rings (SSSR count). The number of rotatable bonds is 6. The van der Waals surface area contributed by atoms with Crippen molar-refractivity contribution < 1.29 is 19.1 Å². The van der Waals surface area contributed by atoms with Gasteiger partial charge >= 0.3 is 5.97 Å². The first kappa shape index (κ1) is 17.2. The van der Waals surface area contributed by atoms with Crippen molar-refractivity contribution in [2.45, 2.75) is 20.0 Å². The summed E-state index contributed by atoms with van der Waals surface area (Å²) in [7, 11) is 0. The molecule has 1 atom stereocenters. The van der Waals surface area contributed by atoms with Crippen LogP contribution in [0.3, 0.4) is 0 Å². The first-order valence-corrected chi connectivity index (χ1v) is 8.88. The van der Waals surface area contributed by atoms with Gasteiger partial charge < -0.3 is 9.47 Å². The predicted octanol–water partition coefficient (Wildman–Crippen LogP) is 4.73. The Hall–Kier alpha value is -2.66. The Balaban J connectivity index is 1.95. The zero-order valence-electron chi connectivity index (χ0n) is 14.0. The molecule has 0 aliphatic carbocycles. The molecule has 0 spiro atoms. The minimum absolute atomic E-state index is 0.134. The van der Waals surface area contributed by atoms with Gasteiger partial charge in [-0.25, -0.2) is 4.79 Å². The fourth-order valence-corrected chi connectivity index (χ4v) is 3.57. The lowest BCUT2D eigenvalue weighted by molar-refractivity contribution is 0.0523. The van der Waals surface area contributed by atoms with Crippen LogP contribution in [0.15, 0.2) is 54.6 Å². The maximum absolute atomic E-state index is 12.6. The van der Waals surface area contributed by atoms with Crippen molar-refractivity contribution in [2.75, 3.05) is 6.61 Å². The van der Waals surface area contributed by atoms with Crippen LogP contribution >= 0.6 is 11.3 Å². The Morgan fingerprint density at radius 2 is 1.72 bits per heavy atom. The van der Waals surface area contributed by atoms with Gasteiger partial charge in [0.2, 0.25) is 5.78 Å². The summed E-state index contributed by atoms with van der Waals surface area (Å²) in [5.41, 5.74) is 0.576. The second kappa shape index (κ2) is 7.49. The van der Waals surface area contributed by atoms with Crippen LogP contribution in [-0.2, 0) is 4.74 Å². The van der Waals surface area contributed by atoms with Crippen LogP contribution in [0.25, 0.3) is 10.1 Å². The van der Waals surface area contributed by atoms with Gasteiger partial charge in [0.25, 0.3) is 0 Å². The van der Waals surface area contributed by atoms with Crippen molar-refractivity contribution in [3.8, 4) is 5.75 Å². The van der Waals surface area contributed by atoms with Crippen LogP contribution < -0.4 is 4.74 Å². The Labute approximate surface area is 150 Å². The van der Waals surface area contributed by atoms with Gasteiger partial charge in [-0.15, -0.1) is 11.3 Å². The molecule has 0 radical (unpaired) electrons. The average molecular weight is 354 g/mol. The van der Waals surface area contributed by atoms with E-state index in [4.69, 9.17) is 9.47 Å². The summed E-state index contributed by atoms with van der Waals surface area (Å²) < 4.78 is 12.0. The van der Waals surface area contributed by atoms with Crippen molar-refractivity contribution in [1.82, 2.24) is 0 Å². The number of ketones is 1. The lowest BCUT2D eigenvalue weighted by Gasteiger charge is -2.14. The number of benzene rings is 2. The maximum atomic E-state index is 12.6. The largest absolute Gasteiger partial charge is 0.480 e. The van der Waals surface area contributed by atoms with E-state index in [9.17, 15) is 9.59 Å². The second-order valence-electron chi connectivity index (χ2n) is 5.47. The van der Waals surface area contributed by atoms with Gasteiger partial charge in [0, 0.05) is 15.6 Å². The molecule has 1 heterocycles. The highest BCUT2D eigenvalue weighted by Gasteiger charge is 2.25. The van der Waals surface area contributed by atoms with E-state index in [1.807, 2.05) is 42.5 Å². The van der Waals surface area contributed by atoms with Gasteiger partial charge in [-0.2, -0.15) is 0 Å². The van der Waals surface area contributed by atoms with Crippen LogP contribution in [0.1, 0.15) is 33.9 Å². The second-order valence-corrected chi connectivity index (χ2v) is 6.52. The van der Waals surface area contributed by atoms with E-state index >= 15 is 0 Å². The zero-order valence-corrected chi connectivity index (χ0v) is 14.8. The van der Waals surface area contributed by atoms with Crippen molar-refractivity contribution in [3.05, 3.63) is 65.0 Å². The molecular formula is C20H18O4S. The lowest BCUT2D eigenvalue weighted by Crippen LogP contribution is -2.24. The van der Waals surface area contributed by atoms with E-state index in [1.54, 1.807) is 26.0 Å². The van der Waals surface area contributed by atoms with E-state index in [0.717, 1.165) is 10.1 Å². The molecule has 3 aromatic rings. The third kappa shape index (κ3) is 3.56.